The summed E-state index contributed by atoms with van der Waals surface area (Å²) in [7, 11) is 0. The molecule has 4 aliphatic rings. The van der Waals surface area contributed by atoms with Gasteiger partial charge >= 0.3 is 0 Å². The second kappa shape index (κ2) is 4.83. The van der Waals surface area contributed by atoms with Crippen molar-refractivity contribution in [2.45, 2.75) is 18.9 Å². The highest BCUT2D eigenvalue weighted by Gasteiger charge is 2.44. The van der Waals surface area contributed by atoms with Crippen LogP contribution in [0.4, 0.5) is 0 Å². The SMILES string of the molecule is S=C1NC2=C(C(c3ccc(Br)cc3)N1)[NH+]1CCC2CC1. The molecule has 3 nitrogen and oxygen atoms in total. The van der Waals surface area contributed by atoms with Gasteiger partial charge in [-0.2, -0.15) is 0 Å². The molecule has 1 aromatic rings. The number of piperidine rings is 1. The molecule has 104 valence electrons. The largest absolute Gasteiger partial charge is 0.347 e. The first-order chi connectivity index (χ1) is 9.72. The van der Waals surface area contributed by atoms with Crippen molar-refractivity contribution >= 4 is 33.3 Å². The van der Waals surface area contributed by atoms with Crippen molar-refractivity contribution in [3.8, 4) is 0 Å². The van der Waals surface area contributed by atoms with E-state index < -0.39 is 0 Å². The lowest BCUT2D eigenvalue weighted by Crippen LogP contribution is -3.14. The van der Waals surface area contributed by atoms with Crippen LogP contribution in [0, 0.1) is 5.92 Å². The number of quaternary nitrogens is 1. The Balaban J connectivity index is 1.80. The molecule has 1 aromatic carbocycles. The number of fused-ring (bicyclic) bond motifs is 2. The van der Waals surface area contributed by atoms with Crippen molar-refractivity contribution in [3.05, 3.63) is 45.7 Å². The average molecular weight is 351 g/mol. The van der Waals surface area contributed by atoms with Gasteiger partial charge in [0, 0.05) is 23.2 Å². The van der Waals surface area contributed by atoms with E-state index in [0.717, 1.165) is 9.59 Å². The first-order valence-corrected chi connectivity index (χ1v) is 8.34. The lowest BCUT2D eigenvalue weighted by Gasteiger charge is -2.44. The van der Waals surface area contributed by atoms with Gasteiger partial charge in [-0.05, 0) is 29.9 Å². The number of rotatable bonds is 1. The molecule has 0 aliphatic carbocycles. The quantitative estimate of drug-likeness (QED) is 0.670. The highest BCUT2D eigenvalue weighted by atomic mass is 79.9. The molecule has 0 saturated carbocycles. The fourth-order valence-electron chi connectivity index (χ4n) is 3.73. The average Bonchev–Trinajstić information content (AvgIpc) is 2.48. The Morgan fingerprint density at radius 2 is 1.85 bits per heavy atom. The first kappa shape index (κ1) is 12.8. The summed E-state index contributed by atoms with van der Waals surface area (Å²) in [6.07, 6.45) is 2.58. The van der Waals surface area contributed by atoms with Gasteiger partial charge in [-0.25, -0.2) is 0 Å². The van der Waals surface area contributed by atoms with Crippen molar-refractivity contribution in [2.24, 2.45) is 5.92 Å². The van der Waals surface area contributed by atoms with Crippen LogP contribution in [-0.4, -0.2) is 18.2 Å². The molecule has 1 atom stereocenters. The molecule has 2 bridgehead atoms. The van der Waals surface area contributed by atoms with Gasteiger partial charge in [0.25, 0.3) is 0 Å². The second-order valence-electron chi connectivity index (χ2n) is 5.79. The smallest absolute Gasteiger partial charge is 0.171 e. The van der Waals surface area contributed by atoms with E-state index in [-0.39, 0.29) is 6.04 Å². The Bertz CT molecular complexity index is 588. The molecular formula is C15H17BrN3S+. The van der Waals surface area contributed by atoms with E-state index in [1.165, 1.54) is 42.9 Å². The predicted molar refractivity (Wildman–Crippen MR) is 86.2 cm³/mol. The van der Waals surface area contributed by atoms with Gasteiger partial charge in [0.1, 0.15) is 6.04 Å². The van der Waals surface area contributed by atoms with Crippen LogP contribution in [-0.2, 0) is 0 Å². The van der Waals surface area contributed by atoms with Crippen LogP contribution in [0.2, 0.25) is 0 Å². The second-order valence-corrected chi connectivity index (χ2v) is 7.11. The Hall–Kier alpha value is -0.910. The van der Waals surface area contributed by atoms with Crippen molar-refractivity contribution in [1.82, 2.24) is 10.6 Å². The van der Waals surface area contributed by atoms with E-state index in [1.54, 1.807) is 4.90 Å². The van der Waals surface area contributed by atoms with Crippen LogP contribution < -0.4 is 15.5 Å². The Morgan fingerprint density at radius 1 is 1.15 bits per heavy atom. The van der Waals surface area contributed by atoms with Gasteiger partial charge in [0.2, 0.25) is 0 Å². The monoisotopic (exact) mass is 350 g/mol. The summed E-state index contributed by atoms with van der Waals surface area (Å²) in [5.74, 6) is 0.681. The highest BCUT2D eigenvalue weighted by Crippen LogP contribution is 2.33. The molecule has 20 heavy (non-hydrogen) atoms. The van der Waals surface area contributed by atoms with Crippen LogP contribution in [0.15, 0.2) is 40.1 Å². The Kier molecular flexibility index (Phi) is 3.09. The number of hydrogen-bond donors (Lipinski definition) is 3. The summed E-state index contributed by atoms with van der Waals surface area (Å²) in [6, 6.07) is 8.80. The number of benzene rings is 1. The first-order valence-electron chi connectivity index (χ1n) is 7.14. The molecule has 0 aromatic heterocycles. The molecule has 0 amide bonds. The summed E-state index contributed by atoms with van der Waals surface area (Å²) >= 11 is 8.92. The zero-order valence-electron chi connectivity index (χ0n) is 11.1. The van der Waals surface area contributed by atoms with E-state index >= 15 is 0 Å². The van der Waals surface area contributed by atoms with Crippen molar-refractivity contribution in [1.29, 1.82) is 0 Å². The molecule has 0 radical (unpaired) electrons. The van der Waals surface area contributed by atoms with Crippen LogP contribution >= 0.6 is 28.1 Å². The van der Waals surface area contributed by atoms with E-state index in [0.29, 0.717) is 5.92 Å². The number of halogens is 1. The molecule has 1 fully saturated rings. The topological polar surface area (TPSA) is 28.5 Å². The fourth-order valence-corrected chi connectivity index (χ4v) is 4.22. The molecule has 5 rings (SSSR count). The minimum Gasteiger partial charge on any atom is -0.347 e. The molecule has 3 N–H and O–H groups in total. The van der Waals surface area contributed by atoms with E-state index in [1.807, 2.05) is 0 Å². The minimum atomic E-state index is 0.227. The third-order valence-electron chi connectivity index (χ3n) is 4.68. The molecular weight excluding hydrogens is 334 g/mol. The summed E-state index contributed by atoms with van der Waals surface area (Å²) in [6.45, 7) is 2.51. The van der Waals surface area contributed by atoms with Crippen molar-refractivity contribution < 1.29 is 4.90 Å². The van der Waals surface area contributed by atoms with Gasteiger partial charge in [-0.15, -0.1) is 0 Å². The zero-order chi connectivity index (χ0) is 13.7. The molecule has 5 heteroatoms. The zero-order valence-corrected chi connectivity index (χ0v) is 13.5. The lowest BCUT2D eigenvalue weighted by atomic mass is 9.83. The molecule has 4 aliphatic heterocycles. The van der Waals surface area contributed by atoms with E-state index in [4.69, 9.17) is 12.2 Å². The third-order valence-corrected chi connectivity index (χ3v) is 5.43. The van der Waals surface area contributed by atoms with Crippen LogP contribution in [0.1, 0.15) is 24.4 Å². The molecule has 0 spiro atoms. The maximum atomic E-state index is 5.42. The van der Waals surface area contributed by atoms with Gasteiger partial charge in [0.15, 0.2) is 10.8 Å². The summed E-state index contributed by atoms with van der Waals surface area (Å²) in [5.41, 5.74) is 4.18. The maximum Gasteiger partial charge on any atom is 0.171 e. The van der Waals surface area contributed by atoms with Crippen molar-refractivity contribution in [3.63, 3.8) is 0 Å². The van der Waals surface area contributed by atoms with Gasteiger partial charge in [-0.1, -0.05) is 28.1 Å². The molecule has 1 unspecified atom stereocenters. The number of hydrogen-bond acceptors (Lipinski definition) is 1. The standard InChI is InChI=1S/C15H16BrN3S/c16-11-3-1-9(2-4-11)12-14-13(18-15(20)17-12)10-5-7-19(14)8-6-10/h1-4,10,12H,5-8H2,(H2,17,18,20)/p+1. The normalized spacial score (nSPS) is 31.6. The fraction of sp³-hybridized carbons (Fsp3) is 0.400. The third kappa shape index (κ3) is 2.00. The highest BCUT2D eigenvalue weighted by molar-refractivity contribution is 9.10. The Labute approximate surface area is 132 Å². The predicted octanol–water partition coefficient (Wildman–Crippen LogP) is 1.49. The minimum absolute atomic E-state index is 0.227. The van der Waals surface area contributed by atoms with Crippen LogP contribution in [0.5, 0.6) is 0 Å². The number of thiocarbonyl (C=S) groups is 1. The van der Waals surface area contributed by atoms with E-state index in [9.17, 15) is 0 Å². The van der Waals surface area contributed by atoms with E-state index in [2.05, 4.69) is 50.8 Å². The van der Waals surface area contributed by atoms with Gasteiger partial charge in [0.05, 0.1) is 18.8 Å². The Morgan fingerprint density at radius 3 is 2.55 bits per heavy atom. The number of allylic oxidation sites excluding steroid dienone is 1. The number of nitrogens with one attached hydrogen (secondary N) is 3. The lowest BCUT2D eigenvalue weighted by molar-refractivity contribution is -0.875. The summed E-state index contributed by atoms with van der Waals surface area (Å²) < 4.78 is 1.12. The molecule has 4 heterocycles. The molecule has 1 saturated heterocycles. The maximum absolute atomic E-state index is 5.42. The summed E-state index contributed by atoms with van der Waals surface area (Å²) in [4.78, 5) is 1.62. The van der Waals surface area contributed by atoms with Crippen LogP contribution in [0.3, 0.4) is 0 Å². The van der Waals surface area contributed by atoms with Gasteiger partial charge < -0.3 is 15.5 Å². The van der Waals surface area contributed by atoms with Crippen LogP contribution in [0.25, 0.3) is 0 Å². The van der Waals surface area contributed by atoms with Crippen molar-refractivity contribution in [2.75, 3.05) is 13.1 Å². The summed E-state index contributed by atoms with van der Waals surface area (Å²) in [5, 5.41) is 7.66. The van der Waals surface area contributed by atoms with Gasteiger partial charge in [-0.3, -0.25) is 0 Å².